The normalized spacial score (nSPS) is 10.6. The summed E-state index contributed by atoms with van der Waals surface area (Å²) in [6.45, 7) is 1.21. The van der Waals surface area contributed by atoms with Crippen LogP contribution in [0.15, 0.2) is 23.5 Å². The summed E-state index contributed by atoms with van der Waals surface area (Å²) < 4.78 is 3.76. The molecule has 2 N–H and O–H groups in total. The van der Waals surface area contributed by atoms with E-state index < -0.39 is 0 Å². The van der Waals surface area contributed by atoms with E-state index in [1.165, 1.54) is 4.57 Å². The molecule has 0 aromatic carbocycles. The minimum atomic E-state index is -0.213. The van der Waals surface area contributed by atoms with Gasteiger partial charge in [0.05, 0.1) is 6.33 Å². The van der Waals surface area contributed by atoms with Gasteiger partial charge in [-0.3, -0.25) is 9.67 Å². The molecule has 0 saturated heterocycles. The average Bonchev–Trinajstić information content (AvgIpc) is 2.76. The number of hydrogen-bond donors (Lipinski definition) is 2. The maximum atomic E-state index is 11.2. The number of nitrogens with one attached hydrogen (secondary N) is 2. The number of H-pyrrole nitrogens is 2. The number of rotatable bonds is 3. The third-order valence-electron chi connectivity index (χ3n) is 1.91. The largest absolute Gasteiger partial charge is 0.342 e. The summed E-state index contributed by atoms with van der Waals surface area (Å²) in [4.78, 5) is 15.1. The summed E-state index contributed by atoms with van der Waals surface area (Å²) in [7, 11) is 0. The molecule has 0 bridgehead atoms. The van der Waals surface area contributed by atoms with E-state index in [1.54, 1.807) is 12.5 Å². The van der Waals surface area contributed by atoms with E-state index in [4.69, 9.17) is 12.2 Å². The van der Waals surface area contributed by atoms with Crippen LogP contribution in [0.5, 0.6) is 0 Å². The van der Waals surface area contributed by atoms with E-state index in [0.717, 1.165) is 0 Å². The van der Waals surface area contributed by atoms with Gasteiger partial charge in [-0.2, -0.15) is 0 Å². The maximum absolute atomic E-state index is 11.2. The molecule has 0 amide bonds. The molecular weight excluding hydrogens is 202 g/mol. The maximum Gasteiger partial charge on any atom is 0.342 e. The number of aromatic amines is 2. The van der Waals surface area contributed by atoms with Gasteiger partial charge < -0.3 is 4.57 Å². The molecule has 14 heavy (non-hydrogen) atoms. The average molecular weight is 211 g/mol. The van der Waals surface area contributed by atoms with Gasteiger partial charge in [0.1, 0.15) is 0 Å². The molecule has 74 valence electrons. The number of imidazole rings is 1. The first-order valence-electron chi connectivity index (χ1n) is 4.10. The highest BCUT2D eigenvalue weighted by Gasteiger charge is 1.99. The van der Waals surface area contributed by atoms with Crippen molar-refractivity contribution in [2.75, 3.05) is 0 Å². The highest BCUT2D eigenvalue weighted by molar-refractivity contribution is 7.71. The van der Waals surface area contributed by atoms with Crippen LogP contribution in [0.3, 0.4) is 0 Å². The molecule has 0 aliphatic rings. The fourth-order valence-electron chi connectivity index (χ4n) is 1.17. The molecule has 6 nitrogen and oxygen atoms in total. The zero-order valence-corrected chi connectivity index (χ0v) is 8.12. The Hall–Kier alpha value is -1.63. The lowest BCUT2D eigenvalue weighted by atomic mass is 10.6. The number of hydrogen-bond acceptors (Lipinski definition) is 3. The molecule has 0 atom stereocenters. The second-order valence-electron chi connectivity index (χ2n) is 2.81. The van der Waals surface area contributed by atoms with E-state index in [9.17, 15) is 4.79 Å². The summed E-state index contributed by atoms with van der Waals surface area (Å²) in [5.74, 6) is 0. The van der Waals surface area contributed by atoms with Gasteiger partial charge in [-0.1, -0.05) is 0 Å². The Morgan fingerprint density at radius 3 is 2.86 bits per heavy atom. The van der Waals surface area contributed by atoms with Crippen LogP contribution in [0.4, 0.5) is 0 Å². The molecular formula is C7H9N5OS. The minimum Gasteiger partial charge on any atom is -0.336 e. The monoisotopic (exact) mass is 211 g/mol. The van der Waals surface area contributed by atoms with Crippen molar-refractivity contribution < 1.29 is 0 Å². The van der Waals surface area contributed by atoms with Crippen LogP contribution in [0.1, 0.15) is 0 Å². The lowest BCUT2D eigenvalue weighted by Gasteiger charge is -2.00. The molecule has 2 rings (SSSR count). The van der Waals surface area contributed by atoms with Crippen molar-refractivity contribution in [2.45, 2.75) is 13.1 Å². The summed E-state index contributed by atoms with van der Waals surface area (Å²) in [5, 5.41) is 5.00. The van der Waals surface area contributed by atoms with E-state index in [0.29, 0.717) is 17.9 Å². The van der Waals surface area contributed by atoms with Gasteiger partial charge in [0.15, 0.2) is 4.77 Å². The Kier molecular flexibility index (Phi) is 2.32. The molecule has 0 spiro atoms. The van der Waals surface area contributed by atoms with Gasteiger partial charge in [0.25, 0.3) is 0 Å². The molecule has 0 saturated carbocycles. The SMILES string of the molecule is O=c1[nH][nH]c(=S)n1CCn1ccnc1. The predicted molar refractivity (Wildman–Crippen MR) is 52.5 cm³/mol. The number of aryl methyl sites for hydroxylation is 1. The van der Waals surface area contributed by atoms with Gasteiger partial charge in [0.2, 0.25) is 0 Å². The number of aromatic nitrogens is 5. The summed E-state index contributed by atoms with van der Waals surface area (Å²) >= 11 is 4.92. The van der Waals surface area contributed by atoms with E-state index in [-0.39, 0.29) is 5.69 Å². The van der Waals surface area contributed by atoms with E-state index in [2.05, 4.69) is 15.2 Å². The Labute approximate surface area is 84.2 Å². The zero-order valence-electron chi connectivity index (χ0n) is 7.30. The zero-order chi connectivity index (χ0) is 9.97. The topological polar surface area (TPSA) is 71.4 Å². The summed E-state index contributed by atoms with van der Waals surface area (Å²) in [6, 6.07) is 0. The molecule has 0 fully saturated rings. The summed E-state index contributed by atoms with van der Waals surface area (Å²) in [6.07, 6.45) is 5.23. The van der Waals surface area contributed by atoms with Gasteiger partial charge >= 0.3 is 5.69 Å². The van der Waals surface area contributed by atoms with E-state index >= 15 is 0 Å². The van der Waals surface area contributed by atoms with Crippen LogP contribution in [0.2, 0.25) is 0 Å². The van der Waals surface area contributed by atoms with Gasteiger partial charge in [-0.05, 0) is 12.2 Å². The fraction of sp³-hybridized carbons (Fsp3) is 0.286. The van der Waals surface area contributed by atoms with Gasteiger partial charge in [-0.15, -0.1) is 0 Å². The standard InChI is InChI=1S/C7H9N5OS/c13-6-9-10-7(14)12(6)4-3-11-2-1-8-5-11/h1-2,5H,3-4H2,(H,9,13)(H,10,14). The molecule has 7 heteroatoms. The molecule has 0 unspecified atom stereocenters. The van der Waals surface area contributed by atoms with Crippen LogP contribution in [-0.4, -0.2) is 24.3 Å². The van der Waals surface area contributed by atoms with Crippen LogP contribution >= 0.6 is 12.2 Å². The molecule has 2 heterocycles. The van der Waals surface area contributed by atoms with E-state index in [1.807, 2.05) is 10.8 Å². The highest BCUT2D eigenvalue weighted by atomic mass is 32.1. The lowest BCUT2D eigenvalue weighted by Crippen LogP contribution is -2.19. The Morgan fingerprint density at radius 1 is 1.43 bits per heavy atom. The number of nitrogens with zero attached hydrogens (tertiary/aromatic N) is 3. The smallest absolute Gasteiger partial charge is 0.336 e. The van der Waals surface area contributed by atoms with Gasteiger partial charge in [-0.25, -0.2) is 14.9 Å². The van der Waals surface area contributed by atoms with Gasteiger partial charge in [0, 0.05) is 25.5 Å². The fourth-order valence-corrected chi connectivity index (χ4v) is 1.40. The first-order chi connectivity index (χ1) is 6.77. The van der Waals surface area contributed by atoms with Crippen molar-refractivity contribution in [2.24, 2.45) is 0 Å². The third-order valence-corrected chi connectivity index (χ3v) is 2.23. The van der Waals surface area contributed by atoms with Crippen LogP contribution < -0.4 is 5.69 Å². The first kappa shape index (κ1) is 8.95. The predicted octanol–water partition coefficient (Wildman–Crippen LogP) is 0.131. The lowest BCUT2D eigenvalue weighted by molar-refractivity contribution is 0.561. The molecule has 2 aromatic heterocycles. The van der Waals surface area contributed by atoms with Crippen LogP contribution in [0, 0.1) is 4.77 Å². The molecule has 0 aliphatic heterocycles. The molecule has 0 radical (unpaired) electrons. The molecule has 2 aromatic rings. The Balaban J connectivity index is 2.13. The van der Waals surface area contributed by atoms with Crippen molar-refractivity contribution in [3.63, 3.8) is 0 Å². The second-order valence-corrected chi connectivity index (χ2v) is 3.20. The molecule has 0 aliphatic carbocycles. The third kappa shape index (κ3) is 1.67. The van der Waals surface area contributed by atoms with Crippen molar-refractivity contribution >= 4 is 12.2 Å². The minimum absolute atomic E-state index is 0.213. The van der Waals surface area contributed by atoms with Crippen molar-refractivity contribution in [1.82, 2.24) is 24.3 Å². The Bertz CT molecular complexity index is 477. The summed E-state index contributed by atoms with van der Waals surface area (Å²) in [5.41, 5.74) is -0.213. The Morgan fingerprint density at radius 2 is 2.29 bits per heavy atom. The first-order valence-corrected chi connectivity index (χ1v) is 4.51. The van der Waals surface area contributed by atoms with Crippen molar-refractivity contribution in [1.29, 1.82) is 0 Å². The quantitative estimate of drug-likeness (QED) is 0.709. The van der Waals surface area contributed by atoms with Crippen molar-refractivity contribution in [3.8, 4) is 0 Å². The van der Waals surface area contributed by atoms with Crippen LogP contribution in [0.25, 0.3) is 0 Å². The van der Waals surface area contributed by atoms with Crippen molar-refractivity contribution in [3.05, 3.63) is 34.0 Å². The second kappa shape index (κ2) is 3.62. The highest BCUT2D eigenvalue weighted by Crippen LogP contribution is 1.89. The van der Waals surface area contributed by atoms with Crippen LogP contribution in [-0.2, 0) is 13.1 Å².